The maximum atomic E-state index is 11.7. The van der Waals surface area contributed by atoms with Gasteiger partial charge in [0.05, 0.1) is 11.3 Å². The van der Waals surface area contributed by atoms with Gasteiger partial charge in [-0.2, -0.15) is 0 Å². The summed E-state index contributed by atoms with van der Waals surface area (Å²) in [6, 6.07) is 6.88. The number of hydrogen-bond donors (Lipinski definition) is 3. The average Bonchev–Trinajstić information content (AvgIpc) is 2.36. The Balaban J connectivity index is 0.00000324. The topological polar surface area (TPSA) is 84.2 Å². The smallest absolute Gasteiger partial charge is 0.253 e. The summed E-state index contributed by atoms with van der Waals surface area (Å²) in [5, 5.41) is 5.26. The first-order chi connectivity index (χ1) is 8.54. The van der Waals surface area contributed by atoms with E-state index in [1.54, 1.807) is 31.3 Å². The predicted octanol–water partition coefficient (Wildman–Crippen LogP) is 1.53. The fourth-order valence-corrected chi connectivity index (χ4v) is 1.50. The van der Waals surface area contributed by atoms with Crippen molar-refractivity contribution in [2.24, 2.45) is 5.73 Å². The zero-order valence-electron chi connectivity index (χ0n) is 11.1. The van der Waals surface area contributed by atoms with Gasteiger partial charge in [0.2, 0.25) is 5.91 Å². The molecule has 0 aliphatic carbocycles. The van der Waals surface area contributed by atoms with Crippen LogP contribution in [0.1, 0.15) is 30.1 Å². The third-order valence-electron chi connectivity index (χ3n) is 2.50. The molecule has 1 atom stereocenters. The summed E-state index contributed by atoms with van der Waals surface area (Å²) in [7, 11) is 1.55. The fraction of sp³-hybridized carbons (Fsp3) is 0.385. The van der Waals surface area contributed by atoms with Gasteiger partial charge in [-0.1, -0.05) is 12.1 Å². The summed E-state index contributed by atoms with van der Waals surface area (Å²) in [5.74, 6) is -0.359. The van der Waals surface area contributed by atoms with Crippen LogP contribution in [0.3, 0.4) is 0 Å². The number of hydrogen-bond acceptors (Lipinski definition) is 3. The molecule has 1 rings (SSSR count). The van der Waals surface area contributed by atoms with E-state index in [-0.39, 0.29) is 30.3 Å². The van der Waals surface area contributed by atoms with E-state index in [0.29, 0.717) is 24.1 Å². The molecule has 1 unspecified atom stereocenters. The van der Waals surface area contributed by atoms with Crippen molar-refractivity contribution in [1.82, 2.24) is 5.32 Å². The number of anilines is 1. The van der Waals surface area contributed by atoms with Crippen molar-refractivity contribution >= 4 is 29.9 Å². The van der Waals surface area contributed by atoms with Crippen LogP contribution in [0.5, 0.6) is 0 Å². The molecule has 6 heteroatoms. The highest BCUT2D eigenvalue weighted by molar-refractivity contribution is 6.03. The molecular weight excluding hydrogens is 266 g/mol. The highest BCUT2D eigenvalue weighted by Crippen LogP contribution is 2.15. The van der Waals surface area contributed by atoms with Crippen molar-refractivity contribution in [2.75, 3.05) is 12.4 Å². The molecule has 5 nitrogen and oxygen atoms in total. The van der Waals surface area contributed by atoms with Gasteiger partial charge >= 0.3 is 0 Å². The van der Waals surface area contributed by atoms with Gasteiger partial charge < -0.3 is 16.4 Å². The van der Waals surface area contributed by atoms with Crippen LogP contribution in [0, 0.1) is 0 Å². The maximum absolute atomic E-state index is 11.7. The van der Waals surface area contributed by atoms with Gasteiger partial charge in [0.1, 0.15) is 0 Å². The van der Waals surface area contributed by atoms with E-state index in [0.717, 1.165) is 0 Å². The molecule has 0 heterocycles. The van der Waals surface area contributed by atoms with Crippen LogP contribution in [0.2, 0.25) is 0 Å². The normalized spacial score (nSPS) is 11.1. The number of benzene rings is 1. The van der Waals surface area contributed by atoms with Crippen molar-refractivity contribution < 1.29 is 9.59 Å². The first-order valence-corrected chi connectivity index (χ1v) is 5.91. The Morgan fingerprint density at radius 1 is 1.32 bits per heavy atom. The minimum atomic E-state index is -0.224. The number of halogens is 1. The zero-order chi connectivity index (χ0) is 13.5. The van der Waals surface area contributed by atoms with Gasteiger partial charge in [0, 0.05) is 19.5 Å². The molecule has 0 spiro atoms. The van der Waals surface area contributed by atoms with Gasteiger partial charge in [-0.05, 0) is 25.5 Å². The SMILES string of the molecule is CNC(=O)c1ccccc1NC(=O)CCC(C)N.Cl. The molecule has 0 bridgehead atoms. The number of nitrogens with two attached hydrogens (primary N) is 1. The van der Waals surface area contributed by atoms with Crippen LogP contribution in [0.4, 0.5) is 5.69 Å². The lowest BCUT2D eigenvalue weighted by Crippen LogP contribution is -2.22. The first-order valence-electron chi connectivity index (χ1n) is 5.91. The van der Waals surface area contributed by atoms with E-state index < -0.39 is 0 Å². The highest BCUT2D eigenvalue weighted by Gasteiger charge is 2.11. The summed E-state index contributed by atoms with van der Waals surface area (Å²) < 4.78 is 0. The van der Waals surface area contributed by atoms with Crippen molar-refractivity contribution in [3.8, 4) is 0 Å². The van der Waals surface area contributed by atoms with Gasteiger partial charge in [-0.3, -0.25) is 9.59 Å². The molecule has 0 fully saturated rings. The van der Waals surface area contributed by atoms with Crippen molar-refractivity contribution in [1.29, 1.82) is 0 Å². The predicted molar refractivity (Wildman–Crippen MR) is 78.6 cm³/mol. The van der Waals surface area contributed by atoms with Crippen molar-refractivity contribution in [2.45, 2.75) is 25.8 Å². The second kappa shape index (κ2) is 8.50. The first kappa shape index (κ1) is 17.4. The molecule has 19 heavy (non-hydrogen) atoms. The van der Waals surface area contributed by atoms with Crippen molar-refractivity contribution in [3.05, 3.63) is 29.8 Å². The molecule has 0 aliphatic rings. The van der Waals surface area contributed by atoms with E-state index in [1.807, 2.05) is 6.92 Å². The minimum absolute atomic E-state index is 0. The van der Waals surface area contributed by atoms with Crippen LogP contribution in [-0.2, 0) is 4.79 Å². The van der Waals surface area contributed by atoms with Gasteiger partial charge in [-0.25, -0.2) is 0 Å². The number of amides is 2. The molecule has 0 saturated heterocycles. The molecule has 0 aliphatic heterocycles. The van der Waals surface area contributed by atoms with Crippen molar-refractivity contribution in [3.63, 3.8) is 0 Å². The van der Waals surface area contributed by atoms with Gasteiger partial charge in [-0.15, -0.1) is 12.4 Å². The van der Waals surface area contributed by atoms with Crippen LogP contribution in [-0.4, -0.2) is 24.9 Å². The van der Waals surface area contributed by atoms with Crippen LogP contribution >= 0.6 is 12.4 Å². The summed E-state index contributed by atoms with van der Waals surface area (Å²) in [5.41, 5.74) is 6.56. The second-order valence-corrected chi connectivity index (χ2v) is 4.19. The monoisotopic (exact) mass is 285 g/mol. The van der Waals surface area contributed by atoms with Crippen LogP contribution in [0.25, 0.3) is 0 Å². The second-order valence-electron chi connectivity index (χ2n) is 4.19. The average molecular weight is 286 g/mol. The van der Waals surface area contributed by atoms with Gasteiger partial charge in [0.15, 0.2) is 0 Å². The molecule has 0 aromatic heterocycles. The lowest BCUT2D eigenvalue weighted by molar-refractivity contribution is -0.116. The van der Waals surface area contributed by atoms with E-state index in [1.165, 1.54) is 0 Å². The quantitative estimate of drug-likeness (QED) is 0.767. The Hall–Kier alpha value is -1.59. The minimum Gasteiger partial charge on any atom is -0.355 e. The maximum Gasteiger partial charge on any atom is 0.253 e. The fourth-order valence-electron chi connectivity index (χ4n) is 1.50. The van der Waals surface area contributed by atoms with E-state index >= 15 is 0 Å². The summed E-state index contributed by atoms with van der Waals surface area (Å²) in [4.78, 5) is 23.3. The van der Waals surface area contributed by atoms with Crippen LogP contribution in [0.15, 0.2) is 24.3 Å². The van der Waals surface area contributed by atoms with E-state index in [2.05, 4.69) is 10.6 Å². The molecule has 1 aromatic carbocycles. The summed E-state index contributed by atoms with van der Waals surface area (Å²) >= 11 is 0. The van der Waals surface area contributed by atoms with E-state index in [9.17, 15) is 9.59 Å². The van der Waals surface area contributed by atoms with E-state index in [4.69, 9.17) is 5.73 Å². The van der Waals surface area contributed by atoms with Gasteiger partial charge in [0.25, 0.3) is 5.91 Å². The molecule has 1 aromatic rings. The number of carbonyl (C=O) groups is 2. The molecule has 4 N–H and O–H groups in total. The standard InChI is InChI=1S/C13H19N3O2.ClH/c1-9(14)7-8-12(17)16-11-6-4-3-5-10(11)13(18)15-2;/h3-6,9H,7-8,14H2,1-2H3,(H,15,18)(H,16,17);1H. The molecule has 2 amide bonds. The Morgan fingerprint density at radius 2 is 1.95 bits per heavy atom. The Bertz CT molecular complexity index is 436. The Morgan fingerprint density at radius 3 is 2.53 bits per heavy atom. The number of nitrogens with one attached hydrogen (secondary N) is 2. The lowest BCUT2D eigenvalue weighted by atomic mass is 10.1. The number of para-hydroxylation sites is 1. The largest absolute Gasteiger partial charge is 0.355 e. The Labute approximate surface area is 119 Å². The number of carbonyl (C=O) groups excluding carboxylic acids is 2. The molecule has 106 valence electrons. The zero-order valence-corrected chi connectivity index (χ0v) is 11.9. The third-order valence-corrected chi connectivity index (χ3v) is 2.50. The Kier molecular flexibility index (Phi) is 7.79. The summed E-state index contributed by atoms with van der Waals surface area (Å²) in [6.07, 6.45) is 0.966. The van der Waals surface area contributed by atoms with Crippen LogP contribution < -0.4 is 16.4 Å². The molecular formula is C13H20ClN3O2. The number of rotatable bonds is 5. The lowest BCUT2D eigenvalue weighted by Gasteiger charge is -2.10. The third kappa shape index (κ3) is 5.72. The molecule has 0 radical (unpaired) electrons. The summed E-state index contributed by atoms with van der Waals surface area (Å²) in [6.45, 7) is 1.85. The highest BCUT2D eigenvalue weighted by atomic mass is 35.5. The molecule has 0 saturated carbocycles.